The lowest BCUT2D eigenvalue weighted by molar-refractivity contribution is -0.120. The first kappa shape index (κ1) is 14.4. The van der Waals surface area contributed by atoms with Gasteiger partial charge >= 0.3 is 6.18 Å². The molecule has 0 aromatic heterocycles. The number of hydrogen-bond acceptors (Lipinski definition) is 1. The second-order valence-electron chi connectivity index (χ2n) is 4.52. The summed E-state index contributed by atoms with van der Waals surface area (Å²) in [5, 5.41) is 0. The Morgan fingerprint density at radius 1 is 1.16 bits per heavy atom. The highest BCUT2D eigenvalue weighted by molar-refractivity contribution is 6.17. The van der Waals surface area contributed by atoms with Crippen molar-refractivity contribution in [1.29, 1.82) is 0 Å². The molecule has 0 atom stereocenters. The Kier molecular flexibility index (Phi) is 3.90. The minimum Gasteiger partial charge on any atom is -0.355 e. The van der Waals surface area contributed by atoms with Crippen molar-refractivity contribution in [3.63, 3.8) is 0 Å². The van der Waals surface area contributed by atoms with Crippen molar-refractivity contribution >= 4 is 17.3 Å². The standard InChI is InChI=1S/C12H11ClF5N/c13-5-7-3-9(14)11(10(15)4-7)19(8-1-2-8)6-12(16,17)18/h3-4,8H,1-2,5-6H2. The third-order valence-corrected chi connectivity index (χ3v) is 3.16. The Bertz CT molecular complexity index is 447. The highest BCUT2D eigenvalue weighted by Gasteiger charge is 2.40. The second kappa shape index (κ2) is 5.15. The summed E-state index contributed by atoms with van der Waals surface area (Å²) in [7, 11) is 0. The predicted octanol–water partition coefficient (Wildman–Crippen LogP) is 4.23. The Labute approximate surface area is 112 Å². The lowest BCUT2D eigenvalue weighted by Crippen LogP contribution is -2.37. The van der Waals surface area contributed by atoms with Gasteiger partial charge in [-0.05, 0) is 30.5 Å². The van der Waals surface area contributed by atoms with Gasteiger partial charge in [0.15, 0.2) is 0 Å². The summed E-state index contributed by atoms with van der Waals surface area (Å²) in [4.78, 5) is 0.753. The molecule has 0 amide bonds. The fraction of sp³-hybridized carbons (Fsp3) is 0.500. The zero-order chi connectivity index (χ0) is 14.2. The summed E-state index contributed by atoms with van der Waals surface area (Å²) in [5.41, 5.74) is -0.420. The first-order chi connectivity index (χ1) is 8.81. The molecular formula is C12H11ClF5N. The van der Waals surface area contributed by atoms with E-state index in [0.717, 1.165) is 17.0 Å². The molecule has 1 aromatic carbocycles. The van der Waals surface area contributed by atoms with Crippen molar-refractivity contribution in [2.24, 2.45) is 0 Å². The summed E-state index contributed by atoms with van der Waals surface area (Å²) in [6.07, 6.45) is -3.49. The number of halogens is 6. The van der Waals surface area contributed by atoms with Crippen molar-refractivity contribution in [3.8, 4) is 0 Å². The molecule has 0 heterocycles. The van der Waals surface area contributed by atoms with E-state index in [4.69, 9.17) is 11.6 Å². The van der Waals surface area contributed by atoms with Crippen LogP contribution in [0.1, 0.15) is 18.4 Å². The first-order valence-corrected chi connectivity index (χ1v) is 6.22. The van der Waals surface area contributed by atoms with Crippen LogP contribution in [-0.4, -0.2) is 18.8 Å². The molecule has 1 fully saturated rings. The van der Waals surface area contributed by atoms with Gasteiger partial charge in [0.25, 0.3) is 0 Å². The maximum Gasteiger partial charge on any atom is 0.405 e. The van der Waals surface area contributed by atoms with Crippen molar-refractivity contribution in [3.05, 3.63) is 29.3 Å². The van der Waals surface area contributed by atoms with Crippen LogP contribution in [0.5, 0.6) is 0 Å². The monoisotopic (exact) mass is 299 g/mol. The molecule has 0 radical (unpaired) electrons. The molecule has 7 heteroatoms. The molecule has 106 valence electrons. The average Bonchev–Trinajstić information content (AvgIpc) is 3.08. The van der Waals surface area contributed by atoms with Crippen molar-refractivity contribution in [2.75, 3.05) is 11.4 Å². The maximum absolute atomic E-state index is 13.8. The largest absolute Gasteiger partial charge is 0.405 e. The van der Waals surface area contributed by atoms with Gasteiger partial charge in [-0.25, -0.2) is 8.78 Å². The second-order valence-corrected chi connectivity index (χ2v) is 4.78. The SMILES string of the molecule is Fc1cc(CCl)cc(F)c1N(CC(F)(F)F)C1CC1. The molecule has 0 saturated heterocycles. The molecular weight excluding hydrogens is 289 g/mol. The van der Waals surface area contributed by atoms with E-state index in [0.29, 0.717) is 12.8 Å². The van der Waals surface area contributed by atoms with Gasteiger partial charge in [-0.2, -0.15) is 13.2 Å². The topological polar surface area (TPSA) is 3.24 Å². The number of rotatable bonds is 4. The maximum atomic E-state index is 13.8. The quantitative estimate of drug-likeness (QED) is 0.594. The molecule has 0 unspecified atom stereocenters. The molecule has 1 aromatic rings. The molecule has 1 saturated carbocycles. The smallest absolute Gasteiger partial charge is 0.355 e. The summed E-state index contributed by atoms with van der Waals surface area (Å²) in [6, 6.07) is 1.49. The highest BCUT2D eigenvalue weighted by atomic mass is 35.5. The van der Waals surface area contributed by atoms with Crippen LogP contribution < -0.4 is 4.90 Å². The summed E-state index contributed by atoms with van der Waals surface area (Å²) < 4.78 is 65.0. The van der Waals surface area contributed by atoms with E-state index in [1.807, 2.05) is 0 Å². The fourth-order valence-corrected chi connectivity index (χ4v) is 2.09. The van der Waals surface area contributed by atoms with Crippen LogP contribution in [-0.2, 0) is 5.88 Å². The van der Waals surface area contributed by atoms with E-state index in [1.165, 1.54) is 0 Å². The minimum absolute atomic E-state index is 0.100. The Morgan fingerprint density at radius 3 is 2.05 bits per heavy atom. The third kappa shape index (κ3) is 3.49. The van der Waals surface area contributed by atoms with Gasteiger partial charge < -0.3 is 4.90 Å². The molecule has 0 bridgehead atoms. The van der Waals surface area contributed by atoms with Gasteiger partial charge in [-0.15, -0.1) is 11.6 Å². The van der Waals surface area contributed by atoms with Gasteiger partial charge in [0, 0.05) is 11.9 Å². The van der Waals surface area contributed by atoms with Crippen molar-refractivity contribution in [2.45, 2.75) is 30.9 Å². The highest BCUT2D eigenvalue weighted by Crippen LogP contribution is 2.37. The molecule has 19 heavy (non-hydrogen) atoms. The summed E-state index contributed by atoms with van der Waals surface area (Å²) in [6.45, 7) is -1.36. The number of anilines is 1. The van der Waals surface area contributed by atoms with Gasteiger partial charge in [-0.1, -0.05) is 0 Å². The van der Waals surface area contributed by atoms with Crippen LogP contribution in [0.4, 0.5) is 27.6 Å². The molecule has 1 aliphatic carbocycles. The van der Waals surface area contributed by atoms with Gasteiger partial charge in [0.1, 0.15) is 23.9 Å². The van der Waals surface area contributed by atoms with Crippen LogP contribution >= 0.6 is 11.6 Å². The molecule has 1 aliphatic rings. The third-order valence-electron chi connectivity index (χ3n) is 2.86. The average molecular weight is 300 g/mol. The first-order valence-electron chi connectivity index (χ1n) is 5.69. The predicted molar refractivity (Wildman–Crippen MR) is 62.3 cm³/mol. The Morgan fingerprint density at radius 2 is 1.68 bits per heavy atom. The number of nitrogens with zero attached hydrogens (tertiary/aromatic N) is 1. The van der Waals surface area contributed by atoms with Gasteiger partial charge in [0.05, 0.1) is 0 Å². The zero-order valence-electron chi connectivity index (χ0n) is 9.78. The van der Waals surface area contributed by atoms with E-state index >= 15 is 0 Å². The van der Waals surface area contributed by atoms with Crippen LogP contribution in [0.25, 0.3) is 0 Å². The molecule has 2 rings (SSSR count). The Hall–Kier alpha value is -1.04. The van der Waals surface area contributed by atoms with E-state index in [9.17, 15) is 22.0 Å². The van der Waals surface area contributed by atoms with Crippen molar-refractivity contribution in [1.82, 2.24) is 0 Å². The van der Waals surface area contributed by atoms with E-state index < -0.39 is 36.1 Å². The van der Waals surface area contributed by atoms with Gasteiger partial charge in [-0.3, -0.25) is 0 Å². The molecule has 0 N–H and O–H groups in total. The lowest BCUT2D eigenvalue weighted by Gasteiger charge is -2.26. The number of benzene rings is 1. The van der Waals surface area contributed by atoms with Crippen LogP contribution in [0, 0.1) is 11.6 Å². The fourth-order valence-electron chi connectivity index (χ4n) is 1.94. The van der Waals surface area contributed by atoms with Gasteiger partial charge in [0.2, 0.25) is 0 Å². The van der Waals surface area contributed by atoms with Crippen LogP contribution in [0.2, 0.25) is 0 Å². The number of hydrogen-bond donors (Lipinski definition) is 0. The van der Waals surface area contributed by atoms with E-state index in [2.05, 4.69) is 0 Å². The van der Waals surface area contributed by atoms with Crippen molar-refractivity contribution < 1.29 is 22.0 Å². The Balaban J connectivity index is 2.36. The number of alkyl halides is 4. The van der Waals surface area contributed by atoms with E-state index in [1.54, 1.807) is 0 Å². The van der Waals surface area contributed by atoms with E-state index in [-0.39, 0.29) is 11.4 Å². The van der Waals surface area contributed by atoms with Crippen LogP contribution in [0.15, 0.2) is 12.1 Å². The summed E-state index contributed by atoms with van der Waals surface area (Å²) in [5.74, 6) is -2.12. The van der Waals surface area contributed by atoms with Crippen LogP contribution in [0.3, 0.4) is 0 Å². The zero-order valence-corrected chi connectivity index (χ0v) is 10.5. The molecule has 1 nitrogen and oxygen atoms in total. The lowest BCUT2D eigenvalue weighted by atomic mass is 10.2. The minimum atomic E-state index is -4.51. The molecule has 0 spiro atoms. The molecule has 0 aliphatic heterocycles. The summed E-state index contributed by atoms with van der Waals surface area (Å²) >= 11 is 5.46. The normalized spacial score (nSPS) is 15.7.